The van der Waals surface area contributed by atoms with Crippen molar-refractivity contribution in [2.24, 2.45) is 0 Å². The summed E-state index contributed by atoms with van der Waals surface area (Å²) in [5.74, 6) is 1.10. The molecule has 0 saturated carbocycles. The quantitative estimate of drug-likeness (QED) is 0.922. The van der Waals surface area contributed by atoms with E-state index in [1.807, 2.05) is 20.9 Å². The van der Waals surface area contributed by atoms with Crippen LogP contribution in [0.4, 0.5) is 10.2 Å². The minimum absolute atomic E-state index is 0.185. The molecule has 0 aliphatic heterocycles. The molecule has 0 aliphatic rings. The summed E-state index contributed by atoms with van der Waals surface area (Å²) in [6.07, 6.45) is 0. The van der Waals surface area contributed by atoms with Crippen molar-refractivity contribution in [1.29, 1.82) is 0 Å². The number of methoxy groups -OCH3 is 1. The van der Waals surface area contributed by atoms with Crippen LogP contribution < -0.4 is 10.1 Å². The SMILES string of the molecule is CNc1nc(-c2ccc(F)c(OC)c2)nc(C)c1C. The second-order valence-corrected chi connectivity index (χ2v) is 4.21. The lowest BCUT2D eigenvalue weighted by atomic mass is 10.1. The fourth-order valence-corrected chi connectivity index (χ4v) is 1.80. The Balaban J connectivity index is 2.55. The van der Waals surface area contributed by atoms with Gasteiger partial charge in [-0.05, 0) is 32.0 Å². The molecule has 1 aromatic carbocycles. The molecular formula is C14H16FN3O. The van der Waals surface area contributed by atoms with Crippen molar-refractivity contribution in [3.8, 4) is 17.1 Å². The number of hydrogen-bond acceptors (Lipinski definition) is 4. The van der Waals surface area contributed by atoms with Gasteiger partial charge in [0.2, 0.25) is 0 Å². The van der Waals surface area contributed by atoms with Gasteiger partial charge < -0.3 is 10.1 Å². The van der Waals surface area contributed by atoms with E-state index in [1.165, 1.54) is 13.2 Å². The standard InChI is InChI=1S/C14H16FN3O/c1-8-9(2)17-14(18-13(8)16-3)10-5-6-11(15)12(7-10)19-4/h5-7H,1-4H3,(H,16,17,18). The lowest BCUT2D eigenvalue weighted by molar-refractivity contribution is 0.387. The summed E-state index contributed by atoms with van der Waals surface area (Å²) in [5.41, 5.74) is 2.61. The zero-order chi connectivity index (χ0) is 14.0. The van der Waals surface area contributed by atoms with Crippen LogP contribution in [-0.2, 0) is 0 Å². The summed E-state index contributed by atoms with van der Waals surface area (Å²) in [5, 5.41) is 3.03. The van der Waals surface area contributed by atoms with Crippen LogP contribution in [0.5, 0.6) is 5.75 Å². The van der Waals surface area contributed by atoms with Gasteiger partial charge in [-0.15, -0.1) is 0 Å². The number of hydrogen-bond donors (Lipinski definition) is 1. The van der Waals surface area contributed by atoms with Crippen molar-refractivity contribution in [2.75, 3.05) is 19.5 Å². The van der Waals surface area contributed by atoms with Gasteiger partial charge in [-0.3, -0.25) is 0 Å². The molecule has 1 heterocycles. The van der Waals surface area contributed by atoms with Crippen molar-refractivity contribution in [3.05, 3.63) is 35.3 Å². The second-order valence-electron chi connectivity index (χ2n) is 4.21. The molecule has 5 heteroatoms. The average molecular weight is 261 g/mol. The number of rotatable bonds is 3. The van der Waals surface area contributed by atoms with Crippen LogP contribution in [0.3, 0.4) is 0 Å². The summed E-state index contributed by atoms with van der Waals surface area (Å²) < 4.78 is 18.4. The number of halogens is 1. The molecule has 4 nitrogen and oxygen atoms in total. The minimum Gasteiger partial charge on any atom is -0.494 e. The van der Waals surface area contributed by atoms with E-state index < -0.39 is 5.82 Å². The van der Waals surface area contributed by atoms with Crippen LogP contribution in [-0.4, -0.2) is 24.1 Å². The van der Waals surface area contributed by atoms with Crippen LogP contribution in [0.15, 0.2) is 18.2 Å². The Hall–Kier alpha value is -2.17. The van der Waals surface area contributed by atoms with Gasteiger partial charge in [0.15, 0.2) is 17.4 Å². The molecule has 100 valence electrons. The van der Waals surface area contributed by atoms with Crippen molar-refractivity contribution in [3.63, 3.8) is 0 Å². The van der Waals surface area contributed by atoms with Crippen molar-refractivity contribution in [2.45, 2.75) is 13.8 Å². The molecule has 1 N–H and O–H groups in total. The van der Waals surface area contributed by atoms with Gasteiger partial charge in [-0.25, -0.2) is 14.4 Å². The lowest BCUT2D eigenvalue weighted by Gasteiger charge is -2.10. The average Bonchev–Trinajstić information content (AvgIpc) is 2.42. The topological polar surface area (TPSA) is 47.0 Å². The Morgan fingerprint density at radius 3 is 2.58 bits per heavy atom. The smallest absolute Gasteiger partial charge is 0.165 e. The van der Waals surface area contributed by atoms with E-state index in [4.69, 9.17) is 4.74 Å². The van der Waals surface area contributed by atoms with Crippen molar-refractivity contribution < 1.29 is 9.13 Å². The fourth-order valence-electron chi connectivity index (χ4n) is 1.80. The van der Waals surface area contributed by atoms with E-state index >= 15 is 0 Å². The zero-order valence-electron chi connectivity index (χ0n) is 11.4. The highest BCUT2D eigenvalue weighted by Gasteiger charge is 2.11. The van der Waals surface area contributed by atoms with Gasteiger partial charge >= 0.3 is 0 Å². The minimum atomic E-state index is -0.399. The summed E-state index contributed by atoms with van der Waals surface area (Å²) in [6.45, 7) is 3.87. The number of aryl methyl sites for hydroxylation is 1. The van der Waals surface area contributed by atoms with Gasteiger partial charge in [0.05, 0.1) is 7.11 Å². The molecule has 0 bridgehead atoms. The zero-order valence-corrected chi connectivity index (χ0v) is 11.4. The van der Waals surface area contributed by atoms with Crippen LogP contribution in [0.2, 0.25) is 0 Å². The van der Waals surface area contributed by atoms with Gasteiger partial charge in [-0.1, -0.05) is 0 Å². The molecule has 2 rings (SSSR count). The third kappa shape index (κ3) is 2.50. The predicted molar refractivity (Wildman–Crippen MR) is 73.0 cm³/mol. The highest BCUT2D eigenvalue weighted by molar-refractivity contribution is 5.61. The fraction of sp³-hybridized carbons (Fsp3) is 0.286. The highest BCUT2D eigenvalue weighted by Crippen LogP contribution is 2.26. The maximum absolute atomic E-state index is 13.4. The number of nitrogens with one attached hydrogen (secondary N) is 1. The van der Waals surface area contributed by atoms with Crippen LogP contribution in [0.1, 0.15) is 11.3 Å². The first-order valence-electron chi connectivity index (χ1n) is 5.93. The maximum atomic E-state index is 13.4. The molecule has 0 saturated heterocycles. The summed E-state index contributed by atoms with van der Waals surface area (Å²) in [4.78, 5) is 8.85. The molecule has 1 aromatic heterocycles. The second kappa shape index (κ2) is 5.22. The molecule has 0 fully saturated rings. The van der Waals surface area contributed by atoms with E-state index in [0.29, 0.717) is 5.82 Å². The van der Waals surface area contributed by atoms with E-state index in [0.717, 1.165) is 22.6 Å². The Morgan fingerprint density at radius 1 is 1.21 bits per heavy atom. The van der Waals surface area contributed by atoms with E-state index in [-0.39, 0.29) is 5.75 Å². The lowest BCUT2D eigenvalue weighted by Crippen LogP contribution is -2.03. The third-order valence-electron chi connectivity index (χ3n) is 3.04. The highest BCUT2D eigenvalue weighted by atomic mass is 19.1. The molecule has 19 heavy (non-hydrogen) atoms. The molecule has 0 aliphatic carbocycles. The van der Waals surface area contributed by atoms with Crippen LogP contribution in [0.25, 0.3) is 11.4 Å². The molecule has 0 atom stereocenters. The first-order chi connectivity index (χ1) is 9.06. The Labute approximate surface area is 111 Å². The number of aromatic nitrogens is 2. The Bertz CT molecular complexity index is 614. The number of anilines is 1. The van der Waals surface area contributed by atoms with Crippen molar-refractivity contribution >= 4 is 5.82 Å². The van der Waals surface area contributed by atoms with E-state index in [9.17, 15) is 4.39 Å². The third-order valence-corrected chi connectivity index (χ3v) is 3.04. The first kappa shape index (κ1) is 13.3. The summed E-state index contributed by atoms with van der Waals surface area (Å²) in [6, 6.07) is 4.59. The first-order valence-corrected chi connectivity index (χ1v) is 5.93. The molecule has 0 radical (unpaired) electrons. The molecule has 2 aromatic rings. The molecule has 0 unspecified atom stereocenters. The maximum Gasteiger partial charge on any atom is 0.165 e. The molecule has 0 amide bonds. The Kier molecular flexibility index (Phi) is 3.64. The largest absolute Gasteiger partial charge is 0.494 e. The van der Waals surface area contributed by atoms with Crippen LogP contribution >= 0.6 is 0 Å². The number of ether oxygens (including phenoxy) is 1. The van der Waals surface area contributed by atoms with Crippen LogP contribution in [0, 0.1) is 19.7 Å². The van der Waals surface area contributed by atoms with E-state index in [2.05, 4.69) is 15.3 Å². The van der Waals surface area contributed by atoms with E-state index in [1.54, 1.807) is 12.1 Å². The van der Waals surface area contributed by atoms with Gasteiger partial charge in [0, 0.05) is 23.9 Å². The number of benzene rings is 1. The van der Waals surface area contributed by atoms with Crippen molar-refractivity contribution in [1.82, 2.24) is 9.97 Å². The molecule has 0 spiro atoms. The van der Waals surface area contributed by atoms with Gasteiger partial charge in [0.1, 0.15) is 5.82 Å². The normalized spacial score (nSPS) is 10.4. The summed E-state index contributed by atoms with van der Waals surface area (Å²) >= 11 is 0. The monoisotopic (exact) mass is 261 g/mol. The molecular weight excluding hydrogens is 245 g/mol. The number of nitrogens with zero attached hydrogens (tertiary/aromatic N) is 2. The predicted octanol–water partition coefficient (Wildman–Crippen LogP) is 2.95. The Morgan fingerprint density at radius 2 is 1.95 bits per heavy atom. The van der Waals surface area contributed by atoms with Gasteiger partial charge in [-0.2, -0.15) is 0 Å². The summed E-state index contributed by atoms with van der Waals surface area (Å²) in [7, 11) is 3.24. The van der Waals surface area contributed by atoms with Gasteiger partial charge in [0.25, 0.3) is 0 Å².